The molecule has 10 heteroatoms. The van der Waals surface area contributed by atoms with Crippen LogP contribution in [0, 0.1) is 0 Å². The average molecular weight is 439 g/mol. The van der Waals surface area contributed by atoms with Crippen molar-refractivity contribution >= 4 is 55.9 Å². The van der Waals surface area contributed by atoms with Gasteiger partial charge in [-0.2, -0.15) is 0 Å². The van der Waals surface area contributed by atoms with E-state index in [1.807, 2.05) is 23.1 Å². The van der Waals surface area contributed by atoms with Gasteiger partial charge in [-0.25, -0.2) is 18.4 Å². The zero-order valence-corrected chi connectivity index (χ0v) is 16.9. The first kappa shape index (κ1) is 19.2. The molecular weight excluding hydrogens is 423 g/mol. The van der Waals surface area contributed by atoms with Gasteiger partial charge in [0, 0.05) is 18.1 Å². The summed E-state index contributed by atoms with van der Waals surface area (Å²) in [6.45, 7) is 2.22. The molecule has 1 aliphatic rings. The number of rotatable bonds is 4. The summed E-state index contributed by atoms with van der Waals surface area (Å²) in [5.74, 6) is 0.584. The Morgan fingerprint density at radius 3 is 2.39 bits per heavy atom. The maximum absolute atomic E-state index is 13.0. The molecular formula is C18H16Cl2N4O3S. The van der Waals surface area contributed by atoms with Gasteiger partial charge in [0.25, 0.3) is 10.0 Å². The Morgan fingerprint density at radius 2 is 1.68 bits per heavy atom. The van der Waals surface area contributed by atoms with Crippen LogP contribution in [0.5, 0.6) is 0 Å². The molecule has 1 fully saturated rings. The van der Waals surface area contributed by atoms with Crippen molar-refractivity contribution in [3.63, 3.8) is 0 Å². The molecule has 1 aliphatic heterocycles. The van der Waals surface area contributed by atoms with Crippen molar-refractivity contribution in [3.8, 4) is 0 Å². The smallest absolute Gasteiger partial charge is 0.264 e. The fraction of sp³-hybridized carbons (Fsp3) is 0.222. The van der Waals surface area contributed by atoms with Crippen molar-refractivity contribution in [1.82, 2.24) is 9.97 Å². The van der Waals surface area contributed by atoms with Gasteiger partial charge < -0.3 is 9.64 Å². The number of anilines is 2. The SMILES string of the molecule is O=S(=O)(Nc1nc2ccccc2nc1N1CCOCC1)c1cc(Cl)ccc1Cl. The molecule has 4 rings (SSSR count). The van der Waals surface area contributed by atoms with Crippen LogP contribution < -0.4 is 9.62 Å². The van der Waals surface area contributed by atoms with E-state index in [0.717, 1.165) is 0 Å². The summed E-state index contributed by atoms with van der Waals surface area (Å²) in [4.78, 5) is 11.0. The molecule has 0 atom stereocenters. The van der Waals surface area contributed by atoms with E-state index >= 15 is 0 Å². The van der Waals surface area contributed by atoms with E-state index in [4.69, 9.17) is 27.9 Å². The molecule has 1 aromatic heterocycles. The summed E-state index contributed by atoms with van der Waals surface area (Å²) in [6.07, 6.45) is 0. The van der Waals surface area contributed by atoms with E-state index < -0.39 is 10.0 Å². The van der Waals surface area contributed by atoms with Gasteiger partial charge in [0.15, 0.2) is 11.6 Å². The van der Waals surface area contributed by atoms with E-state index in [9.17, 15) is 8.42 Å². The van der Waals surface area contributed by atoms with Gasteiger partial charge in [-0.05, 0) is 30.3 Å². The van der Waals surface area contributed by atoms with Crippen molar-refractivity contribution < 1.29 is 13.2 Å². The number of ether oxygens (including phenoxy) is 1. The number of nitrogens with one attached hydrogen (secondary N) is 1. The van der Waals surface area contributed by atoms with E-state index in [1.165, 1.54) is 18.2 Å². The van der Waals surface area contributed by atoms with Gasteiger partial charge in [0.2, 0.25) is 0 Å². The predicted octanol–water partition coefficient (Wildman–Crippen LogP) is 3.57. The van der Waals surface area contributed by atoms with Crippen LogP contribution in [-0.4, -0.2) is 44.7 Å². The molecule has 2 aromatic carbocycles. The second kappa shape index (κ2) is 7.71. The molecule has 1 saturated heterocycles. The number of hydrogen-bond acceptors (Lipinski definition) is 6. The molecule has 0 bridgehead atoms. The van der Waals surface area contributed by atoms with Crippen LogP contribution in [0.1, 0.15) is 0 Å². The highest BCUT2D eigenvalue weighted by Crippen LogP contribution is 2.30. The second-order valence-electron chi connectivity index (χ2n) is 6.16. The number of halogens is 2. The zero-order chi connectivity index (χ0) is 19.7. The minimum Gasteiger partial charge on any atom is -0.378 e. The quantitative estimate of drug-likeness (QED) is 0.669. The van der Waals surface area contributed by atoms with Crippen LogP contribution in [-0.2, 0) is 14.8 Å². The first-order valence-electron chi connectivity index (χ1n) is 8.51. The predicted molar refractivity (Wildman–Crippen MR) is 110 cm³/mol. The third-order valence-electron chi connectivity index (χ3n) is 4.28. The Balaban J connectivity index is 1.81. The molecule has 0 amide bonds. The Hall–Kier alpha value is -2.13. The van der Waals surface area contributed by atoms with Gasteiger partial charge in [-0.1, -0.05) is 35.3 Å². The molecule has 7 nitrogen and oxygen atoms in total. The van der Waals surface area contributed by atoms with Crippen LogP contribution in [0.2, 0.25) is 10.0 Å². The van der Waals surface area contributed by atoms with Crippen LogP contribution >= 0.6 is 23.2 Å². The number of benzene rings is 2. The summed E-state index contributed by atoms with van der Waals surface area (Å²) in [5, 5.41) is 0.335. The van der Waals surface area contributed by atoms with Crippen LogP contribution in [0.15, 0.2) is 47.4 Å². The average Bonchev–Trinajstić information content (AvgIpc) is 2.69. The third kappa shape index (κ3) is 3.86. The van der Waals surface area contributed by atoms with Crippen LogP contribution in [0.25, 0.3) is 11.0 Å². The van der Waals surface area contributed by atoms with Crippen molar-refractivity contribution in [2.45, 2.75) is 4.90 Å². The first-order chi connectivity index (χ1) is 13.4. The normalized spacial score (nSPS) is 15.0. The largest absolute Gasteiger partial charge is 0.378 e. The van der Waals surface area contributed by atoms with E-state index in [-0.39, 0.29) is 20.8 Å². The summed E-state index contributed by atoms with van der Waals surface area (Å²) in [5.41, 5.74) is 1.25. The molecule has 1 N–H and O–H groups in total. The van der Waals surface area contributed by atoms with Crippen molar-refractivity contribution in [2.75, 3.05) is 35.9 Å². The van der Waals surface area contributed by atoms with Gasteiger partial charge in [0.05, 0.1) is 29.3 Å². The number of para-hydroxylation sites is 2. The van der Waals surface area contributed by atoms with Crippen LogP contribution in [0.4, 0.5) is 11.6 Å². The lowest BCUT2D eigenvalue weighted by molar-refractivity contribution is 0.122. The van der Waals surface area contributed by atoms with Gasteiger partial charge >= 0.3 is 0 Å². The number of hydrogen-bond donors (Lipinski definition) is 1. The van der Waals surface area contributed by atoms with Crippen LogP contribution in [0.3, 0.4) is 0 Å². The summed E-state index contributed by atoms with van der Waals surface area (Å²) in [7, 11) is -4.02. The summed E-state index contributed by atoms with van der Waals surface area (Å²) >= 11 is 12.0. The van der Waals surface area contributed by atoms with E-state index in [1.54, 1.807) is 6.07 Å². The molecule has 28 heavy (non-hydrogen) atoms. The standard InChI is InChI=1S/C18H16Cl2N4O3S/c19-12-5-6-13(20)16(11-12)28(25,26)23-17-18(24-7-9-27-10-8-24)22-15-4-2-1-3-14(15)21-17/h1-6,11H,7-10H2,(H,21,23). The number of nitrogens with zero attached hydrogens (tertiary/aromatic N) is 3. The maximum Gasteiger partial charge on any atom is 0.264 e. The highest BCUT2D eigenvalue weighted by molar-refractivity contribution is 7.92. The fourth-order valence-electron chi connectivity index (χ4n) is 2.92. The number of sulfonamides is 1. The molecule has 0 unspecified atom stereocenters. The second-order valence-corrected chi connectivity index (χ2v) is 8.66. The van der Waals surface area contributed by atoms with E-state index in [0.29, 0.717) is 43.2 Å². The number of morpholine rings is 1. The molecule has 3 aromatic rings. The molecule has 146 valence electrons. The zero-order valence-electron chi connectivity index (χ0n) is 14.6. The molecule has 0 aliphatic carbocycles. The number of aromatic nitrogens is 2. The minimum atomic E-state index is -4.02. The summed E-state index contributed by atoms with van der Waals surface area (Å²) in [6, 6.07) is 11.5. The van der Waals surface area contributed by atoms with Crippen molar-refractivity contribution in [2.24, 2.45) is 0 Å². The molecule has 2 heterocycles. The first-order valence-corrected chi connectivity index (χ1v) is 10.8. The van der Waals surface area contributed by atoms with E-state index in [2.05, 4.69) is 14.7 Å². The Bertz CT molecular complexity index is 1130. The number of fused-ring (bicyclic) bond motifs is 1. The Labute approximate surface area is 172 Å². The monoisotopic (exact) mass is 438 g/mol. The minimum absolute atomic E-state index is 0.0681. The van der Waals surface area contributed by atoms with Gasteiger partial charge in [-0.3, -0.25) is 4.72 Å². The van der Waals surface area contributed by atoms with Gasteiger partial charge in [-0.15, -0.1) is 0 Å². The lowest BCUT2D eigenvalue weighted by Crippen LogP contribution is -2.37. The highest BCUT2D eigenvalue weighted by atomic mass is 35.5. The lowest BCUT2D eigenvalue weighted by Gasteiger charge is -2.29. The molecule has 0 saturated carbocycles. The Kier molecular flexibility index (Phi) is 5.29. The lowest BCUT2D eigenvalue weighted by atomic mass is 10.3. The molecule has 0 radical (unpaired) electrons. The molecule has 0 spiro atoms. The Morgan fingerprint density at radius 1 is 1.00 bits per heavy atom. The third-order valence-corrected chi connectivity index (χ3v) is 6.33. The van der Waals surface area contributed by atoms with Crippen molar-refractivity contribution in [1.29, 1.82) is 0 Å². The van der Waals surface area contributed by atoms with Gasteiger partial charge in [0.1, 0.15) is 4.90 Å². The maximum atomic E-state index is 13.0. The van der Waals surface area contributed by atoms with Crippen molar-refractivity contribution in [3.05, 3.63) is 52.5 Å². The topological polar surface area (TPSA) is 84.4 Å². The fourth-order valence-corrected chi connectivity index (χ4v) is 4.69. The highest BCUT2D eigenvalue weighted by Gasteiger charge is 2.25. The summed E-state index contributed by atoms with van der Waals surface area (Å²) < 4.78 is 33.9.